The van der Waals surface area contributed by atoms with E-state index in [0.29, 0.717) is 11.8 Å². The van der Waals surface area contributed by atoms with E-state index in [1.807, 2.05) is 24.3 Å². The van der Waals surface area contributed by atoms with Crippen LogP contribution in [-0.4, -0.2) is 20.3 Å². The molecular formula is C16H18BrNO3. The second-order valence-electron chi connectivity index (χ2n) is 5.08. The summed E-state index contributed by atoms with van der Waals surface area (Å²) in [6.07, 6.45) is 2.54. The van der Waals surface area contributed by atoms with Gasteiger partial charge in [-0.05, 0) is 53.0 Å². The molecule has 1 aliphatic carbocycles. The van der Waals surface area contributed by atoms with Crippen LogP contribution in [0.5, 0.6) is 11.5 Å². The first-order valence-corrected chi connectivity index (χ1v) is 7.75. The Kier molecular flexibility index (Phi) is 4.22. The Morgan fingerprint density at radius 1 is 1.19 bits per heavy atom. The molecule has 1 fully saturated rings. The third-order valence-corrected chi connectivity index (χ3v) is 4.31. The van der Waals surface area contributed by atoms with Crippen LogP contribution in [0, 0.1) is 0 Å². The van der Waals surface area contributed by atoms with Crippen LogP contribution in [0.1, 0.15) is 18.6 Å². The number of hydrogen-bond donors (Lipinski definition) is 1. The maximum Gasteiger partial charge on any atom is 0.147 e. The fourth-order valence-electron chi connectivity index (χ4n) is 2.24. The number of rotatable bonds is 6. The minimum atomic E-state index is 0.670. The molecule has 0 bridgehead atoms. The van der Waals surface area contributed by atoms with Gasteiger partial charge in [-0.3, -0.25) is 0 Å². The lowest BCUT2D eigenvalue weighted by atomic mass is 10.1. The van der Waals surface area contributed by atoms with Gasteiger partial charge in [-0.25, -0.2) is 0 Å². The fraction of sp³-hybridized carbons (Fsp3) is 0.375. The number of methoxy groups -OCH3 is 2. The summed E-state index contributed by atoms with van der Waals surface area (Å²) >= 11 is 3.51. The lowest BCUT2D eigenvalue weighted by Gasteiger charge is -2.12. The molecule has 1 heterocycles. The second-order valence-corrected chi connectivity index (χ2v) is 5.88. The molecule has 0 aliphatic heterocycles. The van der Waals surface area contributed by atoms with E-state index in [4.69, 9.17) is 13.9 Å². The van der Waals surface area contributed by atoms with E-state index in [0.717, 1.165) is 33.9 Å². The third kappa shape index (κ3) is 3.09. The number of benzene rings is 1. The molecule has 1 saturated carbocycles. The first-order chi connectivity index (χ1) is 10.2. The highest BCUT2D eigenvalue weighted by Gasteiger charge is 2.21. The average Bonchev–Trinajstić information content (AvgIpc) is 3.21. The zero-order valence-electron chi connectivity index (χ0n) is 12.1. The molecule has 0 saturated heterocycles. The van der Waals surface area contributed by atoms with Crippen LogP contribution in [0.3, 0.4) is 0 Å². The number of halogens is 1. The van der Waals surface area contributed by atoms with Gasteiger partial charge in [-0.15, -0.1) is 0 Å². The van der Waals surface area contributed by atoms with Gasteiger partial charge >= 0.3 is 0 Å². The lowest BCUT2D eigenvalue weighted by Crippen LogP contribution is -2.14. The first-order valence-electron chi connectivity index (χ1n) is 6.96. The van der Waals surface area contributed by atoms with Gasteiger partial charge in [0, 0.05) is 6.04 Å². The van der Waals surface area contributed by atoms with Crippen molar-refractivity contribution in [2.75, 3.05) is 14.2 Å². The molecule has 3 rings (SSSR count). The van der Waals surface area contributed by atoms with Crippen LogP contribution >= 0.6 is 15.9 Å². The minimum absolute atomic E-state index is 0.670. The second kappa shape index (κ2) is 6.12. The monoisotopic (exact) mass is 351 g/mol. The molecule has 1 N–H and O–H groups in total. The summed E-state index contributed by atoms with van der Waals surface area (Å²) in [4.78, 5) is 0. The third-order valence-electron chi connectivity index (χ3n) is 3.56. The Morgan fingerprint density at radius 3 is 2.67 bits per heavy atom. The number of ether oxygens (including phenoxy) is 2. The van der Waals surface area contributed by atoms with E-state index >= 15 is 0 Å². The van der Waals surface area contributed by atoms with E-state index in [1.165, 1.54) is 12.8 Å². The van der Waals surface area contributed by atoms with Crippen LogP contribution in [0.25, 0.3) is 11.3 Å². The van der Waals surface area contributed by atoms with Crippen LogP contribution in [0.2, 0.25) is 0 Å². The van der Waals surface area contributed by atoms with Crippen LogP contribution in [-0.2, 0) is 6.54 Å². The zero-order valence-corrected chi connectivity index (χ0v) is 13.7. The van der Waals surface area contributed by atoms with Crippen molar-refractivity contribution in [2.24, 2.45) is 0 Å². The van der Waals surface area contributed by atoms with Crippen molar-refractivity contribution in [3.8, 4) is 22.8 Å². The van der Waals surface area contributed by atoms with E-state index < -0.39 is 0 Å². The molecular weight excluding hydrogens is 334 g/mol. The largest absolute Gasteiger partial charge is 0.495 e. The first kappa shape index (κ1) is 14.5. The standard InChI is InChI=1S/C16H18BrNO3/c1-19-14-8-6-12(16(20-2)15(14)17)13-7-5-11(21-13)9-18-10-3-4-10/h5-8,10,18H,3-4,9H2,1-2H3. The van der Waals surface area contributed by atoms with E-state index in [-0.39, 0.29) is 0 Å². The quantitative estimate of drug-likeness (QED) is 0.854. The van der Waals surface area contributed by atoms with Gasteiger partial charge in [0.25, 0.3) is 0 Å². The average molecular weight is 352 g/mol. The fourth-order valence-corrected chi connectivity index (χ4v) is 2.91. The topological polar surface area (TPSA) is 43.6 Å². The van der Waals surface area contributed by atoms with Gasteiger partial charge in [0.05, 0.1) is 26.3 Å². The number of furan rings is 1. The molecule has 5 heteroatoms. The molecule has 0 atom stereocenters. The van der Waals surface area contributed by atoms with Crippen LogP contribution in [0.15, 0.2) is 33.2 Å². The van der Waals surface area contributed by atoms with Gasteiger partial charge in [-0.1, -0.05) is 0 Å². The molecule has 2 aromatic rings. The van der Waals surface area contributed by atoms with Crippen molar-refractivity contribution in [1.82, 2.24) is 5.32 Å². The predicted octanol–water partition coefficient (Wildman–Crippen LogP) is 3.98. The van der Waals surface area contributed by atoms with Gasteiger partial charge in [-0.2, -0.15) is 0 Å². The van der Waals surface area contributed by atoms with Gasteiger partial charge < -0.3 is 19.2 Å². The Bertz CT molecular complexity index is 634. The number of hydrogen-bond acceptors (Lipinski definition) is 4. The van der Waals surface area contributed by atoms with E-state index in [1.54, 1.807) is 14.2 Å². The summed E-state index contributed by atoms with van der Waals surface area (Å²) in [5, 5.41) is 3.44. The smallest absolute Gasteiger partial charge is 0.147 e. The maximum absolute atomic E-state index is 5.91. The summed E-state index contributed by atoms with van der Waals surface area (Å²) in [6, 6.07) is 8.48. The Labute approximate surface area is 132 Å². The summed E-state index contributed by atoms with van der Waals surface area (Å²) in [5.41, 5.74) is 0.905. The van der Waals surface area contributed by atoms with Crippen LogP contribution < -0.4 is 14.8 Å². The summed E-state index contributed by atoms with van der Waals surface area (Å²) in [5.74, 6) is 3.18. The van der Waals surface area contributed by atoms with Gasteiger partial charge in [0.1, 0.15) is 27.5 Å². The highest BCUT2D eigenvalue weighted by molar-refractivity contribution is 9.10. The molecule has 1 aromatic carbocycles. The molecule has 1 aliphatic rings. The van der Waals surface area contributed by atoms with Crippen molar-refractivity contribution in [3.63, 3.8) is 0 Å². The number of nitrogens with one attached hydrogen (secondary N) is 1. The Balaban J connectivity index is 1.86. The van der Waals surface area contributed by atoms with Gasteiger partial charge in [0.2, 0.25) is 0 Å². The predicted molar refractivity (Wildman–Crippen MR) is 84.8 cm³/mol. The molecule has 0 unspecified atom stereocenters. The van der Waals surface area contributed by atoms with Gasteiger partial charge in [0.15, 0.2) is 0 Å². The summed E-state index contributed by atoms with van der Waals surface area (Å²) in [7, 11) is 3.27. The Hall–Kier alpha value is -1.46. The molecule has 4 nitrogen and oxygen atoms in total. The highest BCUT2D eigenvalue weighted by atomic mass is 79.9. The normalized spacial score (nSPS) is 14.2. The molecule has 21 heavy (non-hydrogen) atoms. The van der Waals surface area contributed by atoms with E-state index in [9.17, 15) is 0 Å². The van der Waals surface area contributed by atoms with Crippen molar-refractivity contribution in [1.29, 1.82) is 0 Å². The molecule has 112 valence electrons. The van der Waals surface area contributed by atoms with Crippen molar-refractivity contribution < 1.29 is 13.9 Å². The van der Waals surface area contributed by atoms with Crippen molar-refractivity contribution in [2.45, 2.75) is 25.4 Å². The van der Waals surface area contributed by atoms with Crippen molar-refractivity contribution >= 4 is 15.9 Å². The summed E-state index contributed by atoms with van der Waals surface area (Å²) < 4.78 is 17.5. The van der Waals surface area contributed by atoms with Crippen LogP contribution in [0.4, 0.5) is 0 Å². The molecule has 1 aromatic heterocycles. The van der Waals surface area contributed by atoms with E-state index in [2.05, 4.69) is 21.2 Å². The summed E-state index contributed by atoms with van der Waals surface area (Å²) in [6.45, 7) is 0.768. The zero-order chi connectivity index (χ0) is 14.8. The lowest BCUT2D eigenvalue weighted by molar-refractivity contribution is 0.389. The molecule has 0 radical (unpaired) electrons. The molecule has 0 amide bonds. The molecule has 0 spiro atoms. The SMILES string of the molecule is COc1ccc(-c2ccc(CNC3CC3)o2)c(OC)c1Br. The van der Waals surface area contributed by atoms with Crippen molar-refractivity contribution in [3.05, 3.63) is 34.5 Å². The highest BCUT2D eigenvalue weighted by Crippen LogP contribution is 2.42. The Morgan fingerprint density at radius 2 is 2.00 bits per heavy atom. The minimum Gasteiger partial charge on any atom is -0.495 e. The maximum atomic E-state index is 5.91.